The van der Waals surface area contributed by atoms with Gasteiger partial charge in [-0.1, -0.05) is 25.4 Å². The highest BCUT2D eigenvalue weighted by molar-refractivity contribution is 6.30. The monoisotopic (exact) mass is 360 g/mol. The van der Waals surface area contributed by atoms with Gasteiger partial charge in [0.1, 0.15) is 5.82 Å². The zero-order valence-electron chi connectivity index (χ0n) is 14.8. The average Bonchev–Trinajstić information content (AvgIpc) is 2.63. The number of nitrogens with one attached hydrogen (secondary N) is 1. The molecule has 0 spiro atoms. The second-order valence-corrected chi connectivity index (χ2v) is 7.19. The Balaban J connectivity index is 1.88. The molecule has 0 radical (unpaired) electrons. The van der Waals surface area contributed by atoms with Crippen molar-refractivity contribution in [3.63, 3.8) is 0 Å². The number of aromatic nitrogens is 2. The van der Waals surface area contributed by atoms with Gasteiger partial charge in [-0.3, -0.25) is 0 Å². The van der Waals surface area contributed by atoms with Gasteiger partial charge in [-0.2, -0.15) is 0 Å². The number of hydrogen-bond acceptors (Lipinski definition) is 5. The fourth-order valence-corrected chi connectivity index (χ4v) is 3.22. The molecular weight excluding hydrogens is 336 g/mol. The molecule has 1 aliphatic heterocycles. The number of halogens is 1. The van der Waals surface area contributed by atoms with E-state index in [9.17, 15) is 0 Å². The first-order valence-electron chi connectivity index (χ1n) is 8.81. The summed E-state index contributed by atoms with van der Waals surface area (Å²) < 4.78 is 5.54. The Hall–Kier alpha value is -1.85. The lowest BCUT2D eigenvalue weighted by molar-refractivity contribution is 0.0838. The van der Waals surface area contributed by atoms with Crippen molar-refractivity contribution in [1.29, 1.82) is 0 Å². The summed E-state index contributed by atoms with van der Waals surface area (Å²) in [6.07, 6.45) is 5.55. The highest BCUT2D eigenvalue weighted by Gasteiger charge is 2.25. The third-order valence-corrected chi connectivity index (χ3v) is 4.47. The fourth-order valence-electron chi connectivity index (χ4n) is 3.11. The molecule has 0 aromatic carbocycles. The molecule has 2 aromatic heterocycles. The van der Waals surface area contributed by atoms with Gasteiger partial charge in [-0.15, -0.1) is 0 Å². The first kappa shape index (κ1) is 18.0. The molecule has 0 atom stereocenters. The Morgan fingerprint density at radius 3 is 2.72 bits per heavy atom. The summed E-state index contributed by atoms with van der Waals surface area (Å²) in [5.74, 6) is 2.28. The van der Waals surface area contributed by atoms with Gasteiger partial charge in [0.15, 0.2) is 5.82 Å². The number of pyridine rings is 2. The van der Waals surface area contributed by atoms with Gasteiger partial charge in [0, 0.05) is 38.2 Å². The molecule has 3 heterocycles. The van der Waals surface area contributed by atoms with Crippen LogP contribution in [0.15, 0.2) is 36.7 Å². The first-order chi connectivity index (χ1) is 12.1. The van der Waals surface area contributed by atoms with E-state index in [1.54, 1.807) is 6.20 Å². The Morgan fingerprint density at radius 2 is 2.04 bits per heavy atom. The zero-order chi connectivity index (χ0) is 17.6. The van der Waals surface area contributed by atoms with E-state index in [0.717, 1.165) is 49.9 Å². The lowest BCUT2D eigenvalue weighted by Gasteiger charge is -2.37. The van der Waals surface area contributed by atoms with E-state index in [1.165, 1.54) is 0 Å². The number of nitrogens with zero attached hydrogens (tertiary/aromatic N) is 3. The summed E-state index contributed by atoms with van der Waals surface area (Å²) in [7, 11) is 0. The van der Waals surface area contributed by atoms with Crippen LogP contribution >= 0.6 is 11.6 Å². The predicted molar refractivity (Wildman–Crippen MR) is 103 cm³/mol. The van der Waals surface area contributed by atoms with E-state index in [0.29, 0.717) is 17.0 Å². The van der Waals surface area contributed by atoms with Crippen LogP contribution in [0.2, 0.25) is 5.02 Å². The summed E-state index contributed by atoms with van der Waals surface area (Å²) in [6.45, 7) is 7.07. The maximum atomic E-state index is 5.93. The van der Waals surface area contributed by atoms with E-state index in [4.69, 9.17) is 16.3 Å². The van der Waals surface area contributed by atoms with Crippen LogP contribution in [0.1, 0.15) is 26.7 Å². The van der Waals surface area contributed by atoms with E-state index in [1.807, 2.05) is 30.5 Å². The van der Waals surface area contributed by atoms with Crippen LogP contribution in [-0.2, 0) is 4.74 Å². The lowest BCUT2D eigenvalue weighted by atomic mass is 10.0. The van der Waals surface area contributed by atoms with Gasteiger partial charge >= 0.3 is 0 Å². The Bertz CT molecular complexity index is 671. The van der Waals surface area contributed by atoms with Gasteiger partial charge in [0.05, 0.1) is 10.7 Å². The molecule has 0 unspecified atom stereocenters. The number of hydrogen-bond donors (Lipinski definition) is 1. The zero-order valence-corrected chi connectivity index (χ0v) is 15.5. The van der Waals surface area contributed by atoms with Crippen molar-refractivity contribution in [2.75, 3.05) is 30.0 Å². The lowest BCUT2D eigenvalue weighted by Crippen LogP contribution is -2.42. The minimum atomic E-state index is 0.449. The maximum absolute atomic E-state index is 5.93. The van der Waals surface area contributed by atoms with Crippen molar-refractivity contribution in [2.45, 2.75) is 32.7 Å². The highest BCUT2D eigenvalue weighted by Crippen LogP contribution is 2.30. The Morgan fingerprint density at radius 1 is 1.24 bits per heavy atom. The molecule has 2 aromatic rings. The van der Waals surface area contributed by atoms with Crippen molar-refractivity contribution >= 4 is 28.9 Å². The van der Waals surface area contributed by atoms with Crippen molar-refractivity contribution < 1.29 is 4.74 Å². The molecular formula is C19H25ClN4O. The molecule has 0 amide bonds. The predicted octanol–water partition coefficient (Wildman–Crippen LogP) is 4.52. The summed E-state index contributed by atoms with van der Waals surface area (Å²) in [6, 6.07) is 8.15. The van der Waals surface area contributed by atoms with Gasteiger partial charge < -0.3 is 15.0 Å². The van der Waals surface area contributed by atoms with Crippen molar-refractivity contribution in [2.24, 2.45) is 5.92 Å². The minimum Gasteiger partial charge on any atom is -0.381 e. The summed E-state index contributed by atoms with van der Waals surface area (Å²) in [4.78, 5) is 11.4. The van der Waals surface area contributed by atoms with Gasteiger partial charge in [-0.05, 0) is 43.0 Å². The van der Waals surface area contributed by atoms with E-state index < -0.39 is 0 Å². The van der Waals surface area contributed by atoms with E-state index >= 15 is 0 Å². The number of ether oxygens (including phenoxy) is 1. The molecule has 134 valence electrons. The highest BCUT2D eigenvalue weighted by atomic mass is 35.5. The third-order valence-electron chi connectivity index (χ3n) is 4.24. The van der Waals surface area contributed by atoms with Crippen LogP contribution in [0.5, 0.6) is 0 Å². The van der Waals surface area contributed by atoms with E-state index in [2.05, 4.69) is 34.0 Å². The van der Waals surface area contributed by atoms with Crippen LogP contribution in [-0.4, -0.2) is 35.8 Å². The number of anilines is 3. The van der Waals surface area contributed by atoms with Crippen molar-refractivity contribution in [1.82, 2.24) is 9.97 Å². The molecule has 0 saturated carbocycles. The molecule has 1 N–H and O–H groups in total. The molecule has 1 saturated heterocycles. The van der Waals surface area contributed by atoms with Crippen LogP contribution in [0, 0.1) is 5.92 Å². The van der Waals surface area contributed by atoms with Crippen LogP contribution in [0.3, 0.4) is 0 Å². The molecule has 0 aliphatic carbocycles. The summed E-state index contributed by atoms with van der Waals surface area (Å²) >= 11 is 5.93. The molecule has 3 rings (SSSR count). The molecule has 25 heavy (non-hydrogen) atoms. The second-order valence-electron chi connectivity index (χ2n) is 6.75. The van der Waals surface area contributed by atoms with Crippen LogP contribution < -0.4 is 10.2 Å². The number of rotatable bonds is 6. The van der Waals surface area contributed by atoms with Crippen molar-refractivity contribution in [3.8, 4) is 0 Å². The summed E-state index contributed by atoms with van der Waals surface area (Å²) in [5, 5.41) is 4.01. The Labute approximate surface area is 154 Å². The SMILES string of the molecule is CC(C)CN(c1ncccc1Nc1ccc(Cl)cn1)C1CCOCC1. The Kier molecular flexibility index (Phi) is 6.10. The quantitative estimate of drug-likeness (QED) is 0.821. The second kappa shape index (κ2) is 8.50. The van der Waals surface area contributed by atoms with Gasteiger partial charge in [-0.25, -0.2) is 9.97 Å². The summed E-state index contributed by atoms with van der Waals surface area (Å²) in [5.41, 5.74) is 0.962. The first-order valence-corrected chi connectivity index (χ1v) is 9.19. The van der Waals surface area contributed by atoms with Gasteiger partial charge in [0.2, 0.25) is 0 Å². The smallest absolute Gasteiger partial charge is 0.152 e. The molecule has 1 fully saturated rings. The average molecular weight is 361 g/mol. The normalized spacial score (nSPS) is 15.4. The third kappa shape index (κ3) is 4.83. The molecule has 1 aliphatic rings. The standard InChI is InChI=1S/C19H25ClN4O/c1-14(2)13-24(16-7-10-25-11-8-16)19-17(4-3-9-21-19)23-18-6-5-15(20)12-22-18/h3-6,9,12,14,16H,7-8,10-11,13H2,1-2H3,(H,22,23). The largest absolute Gasteiger partial charge is 0.381 e. The van der Waals surface area contributed by atoms with Crippen molar-refractivity contribution in [3.05, 3.63) is 41.7 Å². The molecule has 6 heteroatoms. The van der Waals surface area contributed by atoms with Crippen LogP contribution in [0.4, 0.5) is 17.3 Å². The minimum absolute atomic E-state index is 0.449. The fraction of sp³-hybridized carbons (Fsp3) is 0.474. The maximum Gasteiger partial charge on any atom is 0.152 e. The van der Waals surface area contributed by atoms with Crippen LogP contribution in [0.25, 0.3) is 0 Å². The molecule has 5 nitrogen and oxygen atoms in total. The topological polar surface area (TPSA) is 50.3 Å². The van der Waals surface area contributed by atoms with E-state index in [-0.39, 0.29) is 0 Å². The molecule has 0 bridgehead atoms. The van der Waals surface area contributed by atoms with Gasteiger partial charge in [0.25, 0.3) is 0 Å².